The first-order chi connectivity index (χ1) is 13.0. The van der Waals surface area contributed by atoms with Gasteiger partial charge in [0.05, 0.1) is 14.2 Å². The Hall–Kier alpha value is -1.75. The molecule has 1 N–H and O–H groups in total. The van der Waals surface area contributed by atoms with Gasteiger partial charge in [0, 0.05) is 19.0 Å². The van der Waals surface area contributed by atoms with Crippen LogP contribution in [0.4, 0.5) is 0 Å². The molecule has 3 rings (SSSR count). The van der Waals surface area contributed by atoms with Crippen LogP contribution in [-0.4, -0.2) is 51.2 Å². The summed E-state index contributed by atoms with van der Waals surface area (Å²) in [4.78, 5) is 15.3. The number of nitrogens with one attached hydrogen (secondary N) is 1. The van der Waals surface area contributed by atoms with Gasteiger partial charge in [-0.25, -0.2) is 0 Å². The minimum atomic E-state index is 0.240. The number of benzene rings is 1. The van der Waals surface area contributed by atoms with Crippen LogP contribution in [0.3, 0.4) is 0 Å². The van der Waals surface area contributed by atoms with Gasteiger partial charge in [-0.15, -0.1) is 0 Å². The largest absolute Gasteiger partial charge is 0.493 e. The summed E-state index contributed by atoms with van der Waals surface area (Å²) in [7, 11) is 3.30. The van der Waals surface area contributed by atoms with E-state index in [0.717, 1.165) is 63.4 Å². The number of hydrogen-bond acceptors (Lipinski definition) is 4. The Kier molecular flexibility index (Phi) is 6.30. The van der Waals surface area contributed by atoms with Crippen molar-refractivity contribution in [2.45, 2.75) is 39.5 Å². The Bertz CT molecular complexity index is 653. The Balaban J connectivity index is 1.64. The second-order valence-electron chi connectivity index (χ2n) is 8.49. The van der Waals surface area contributed by atoms with E-state index in [9.17, 15) is 4.79 Å². The number of rotatable bonds is 8. The first kappa shape index (κ1) is 20.0. The van der Waals surface area contributed by atoms with Crippen molar-refractivity contribution >= 4 is 5.91 Å². The van der Waals surface area contributed by atoms with Crippen LogP contribution in [-0.2, 0) is 11.2 Å². The van der Waals surface area contributed by atoms with E-state index in [2.05, 4.69) is 30.1 Å². The molecular weight excluding hydrogens is 340 g/mol. The van der Waals surface area contributed by atoms with Crippen LogP contribution in [0.15, 0.2) is 18.2 Å². The van der Waals surface area contributed by atoms with E-state index in [4.69, 9.17) is 9.47 Å². The number of ether oxygens (including phenoxy) is 2. The first-order valence-corrected chi connectivity index (χ1v) is 10.2. The maximum atomic E-state index is 13.2. The molecule has 0 bridgehead atoms. The highest BCUT2D eigenvalue weighted by Gasteiger charge is 2.58. The topological polar surface area (TPSA) is 50.8 Å². The van der Waals surface area contributed by atoms with Crippen molar-refractivity contribution in [3.05, 3.63) is 23.8 Å². The molecule has 0 aromatic heterocycles. The van der Waals surface area contributed by atoms with Crippen molar-refractivity contribution in [3.8, 4) is 11.5 Å². The molecule has 1 aromatic carbocycles. The number of nitrogens with zero attached hydrogens (tertiary/aromatic N) is 1. The van der Waals surface area contributed by atoms with Crippen LogP contribution in [0.5, 0.6) is 11.5 Å². The Morgan fingerprint density at radius 3 is 2.56 bits per heavy atom. The third kappa shape index (κ3) is 4.57. The number of carbonyl (C=O) groups is 1. The second kappa shape index (κ2) is 8.51. The van der Waals surface area contributed by atoms with Gasteiger partial charge in [-0.05, 0) is 67.8 Å². The van der Waals surface area contributed by atoms with E-state index in [1.54, 1.807) is 14.2 Å². The molecule has 5 heteroatoms. The molecule has 27 heavy (non-hydrogen) atoms. The fourth-order valence-corrected chi connectivity index (χ4v) is 4.43. The van der Waals surface area contributed by atoms with E-state index >= 15 is 0 Å². The average Bonchev–Trinajstić information content (AvgIpc) is 3.37. The van der Waals surface area contributed by atoms with Gasteiger partial charge >= 0.3 is 0 Å². The molecule has 1 amide bonds. The Morgan fingerprint density at radius 2 is 1.93 bits per heavy atom. The number of hydrogen-bond donors (Lipinski definition) is 1. The number of piperidine rings is 1. The van der Waals surface area contributed by atoms with Gasteiger partial charge in [0.15, 0.2) is 11.5 Å². The minimum Gasteiger partial charge on any atom is -0.493 e. The molecule has 1 aliphatic heterocycles. The smallest absolute Gasteiger partial charge is 0.226 e. The molecule has 2 aliphatic rings. The fourth-order valence-electron chi connectivity index (χ4n) is 4.43. The maximum absolute atomic E-state index is 13.2. The van der Waals surface area contributed by atoms with Crippen LogP contribution in [0.1, 0.15) is 38.7 Å². The van der Waals surface area contributed by atoms with E-state index in [0.29, 0.717) is 17.2 Å². The monoisotopic (exact) mass is 374 g/mol. The van der Waals surface area contributed by atoms with Crippen LogP contribution >= 0.6 is 0 Å². The third-order valence-corrected chi connectivity index (χ3v) is 6.10. The van der Waals surface area contributed by atoms with E-state index < -0.39 is 0 Å². The van der Waals surface area contributed by atoms with Gasteiger partial charge in [0.2, 0.25) is 5.91 Å². The lowest BCUT2D eigenvalue weighted by Gasteiger charge is -2.28. The van der Waals surface area contributed by atoms with Gasteiger partial charge in [-0.2, -0.15) is 0 Å². The molecule has 1 saturated carbocycles. The summed E-state index contributed by atoms with van der Waals surface area (Å²) in [6.45, 7) is 8.07. The SMILES string of the molecule is COc1ccc(CCN(CC(C)C)C(=O)C2CC23CCNCC3)cc1OC. The van der Waals surface area contributed by atoms with Crippen molar-refractivity contribution in [3.63, 3.8) is 0 Å². The zero-order valence-electron chi connectivity index (χ0n) is 17.2. The predicted molar refractivity (Wildman–Crippen MR) is 107 cm³/mol. The number of methoxy groups -OCH3 is 2. The fraction of sp³-hybridized carbons (Fsp3) is 0.682. The standard InChI is InChI=1S/C22H34N2O3/c1-16(2)15-24(21(25)18-14-22(18)8-10-23-11-9-22)12-7-17-5-6-19(26-3)20(13-17)27-4/h5-6,13,16,18,23H,7-12,14-15H2,1-4H3. The molecule has 1 aliphatic carbocycles. The molecule has 1 atom stereocenters. The van der Waals surface area contributed by atoms with Gasteiger partial charge in [0.25, 0.3) is 0 Å². The summed E-state index contributed by atoms with van der Waals surface area (Å²) >= 11 is 0. The zero-order chi connectivity index (χ0) is 19.4. The van der Waals surface area contributed by atoms with Crippen molar-refractivity contribution in [1.82, 2.24) is 10.2 Å². The predicted octanol–water partition coefficient (Wildman–Crippen LogP) is 3.12. The molecule has 150 valence electrons. The van der Waals surface area contributed by atoms with Gasteiger partial charge in [-0.1, -0.05) is 19.9 Å². The molecule has 0 radical (unpaired) electrons. The Labute approximate surface area is 163 Å². The van der Waals surface area contributed by atoms with Gasteiger partial charge < -0.3 is 19.7 Å². The second-order valence-corrected chi connectivity index (χ2v) is 8.49. The highest BCUT2D eigenvalue weighted by atomic mass is 16.5. The summed E-state index contributed by atoms with van der Waals surface area (Å²) in [5, 5.41) is 3.42. The quantitative estimate of drug-likeness (QED) is 0.760. The van der Waals surface area contributed by atoms with E-state index in [1.165, 1.54) is 5.56 Å². The van der Waals surface area contributed by atoms with Crippen molar-refractivity contribution in [2.75, 3.05) is 40.4 Å². The molecule has 1 aromatic rings. The van der Waals surface area contributed by atoms with Gasteiger partial charge in [-0.3, -0.25) is 4.79 Å². The summed E-state index contributed by atoms with van der Waals surface area (Å²) in [6.07, 6.45) is 4.21. The molecule has 1 saturated heterocycles. The van der Waals surface area contributed by atoms with Crippen molar-refractivity contribution in [1.29, 1.82) is 0 Å². The van der Waals surface area contributed by atoms with Crippen LogP contribution in [0.2, 0.25) is 0 Å². The molecule has 5 nitrogen and oxygen atoms in total. The summed E-state index contributed by atoms with van der Waals surface area (Å²) in [5.74, 6) is 2.56. The van der Waals surface area contributed by atoms with Crippen molar-refractivity contribution in [2.24, 2.45) is 17.3 Å². The van der Waals surface area contributed by atoms with E-state index in [-0.39, 0.29) is 5.92 Å². The lowest BCUT2D eigenvalue weighted by molar-refractivity contribution is -0.134. The average molecular weight is 375 g/mol. The highest BCUT2D eigenvalue weighted by Crippen LogP contribution is 2.59. The number of amides is 1. The molecule has 2 fully saturated rings. The highest BCUT2D eigenvalue weighted by molar-refractivity contribution is 5.82. The normalized spacial score (nSPS) is 20.6. The summed E-state index contributed by atoms with van der Waals surface area (Å²) in [5.41, 5.74) is 1.46. The summed E-state index contributed by atoms with van der Waals surface area (Å²) < 4.78 is 10.7. The van der Waals surface area contributed by atoms with Crippen LogP contribution in [0.25, 0.3) is 0 Å². The maximum Gasteiger partial charge on any atom is 0.226 e. The molecular formula is C22H34N2O3. The first-order valence-electron chi connectivity index (χ1n) is 10.2. The zero-order valence-corrected chi connectivity index (χ0v) is 17.2. The molecule has 1 heterocycles. The lowest BCUT2D eigenvalue weighted by atomic mass is 9.91. The lowest BCUT2D eigenvalue weighted by Crippen LogP contribution is -2.39. The minimum absolute atomic E-state index is 0.240. The van der Waals surface area contributed by atoms with Crippen LogP contribution in [0, 0.1) is 17.3 Å². The number of carbonyl (C=O) groups excluding carboxylic acids is 1. The summed E-state index contributed by atoms with van der Waals surface area (Å²) in [6, 6.07) is 6.01. The molecule has 1 spiro atoms. The van der Waals surface area contributed by atoms with E-state index in [1.807, 2.05) is 12.1 Å². The Morgan fingerprint density at radius 1 is 1.22 bits per heavy atom. The third-order valence-electron chi connectivity index (χ3n) is 6.10. The van der Waals surface area contributed by atoms with Crippen molar-refractivity contribution < 1.29 is 14.3 Å². The van der Waals surface area contributed by atoms with Crippen LogP contribution < -0.4 is 14.8 Å². The van der Waals surface area contributed by atoms with Gasteiger partial charge in [0.1, 0.15) is 0 Å². The molecule has 1 unspecified atom stereocenters.